The monoisotopic (exact) mass is 492 g/mol. The Morgan fingerprint density at radius 3 is 2.25 bits per heavy atom. The van der Waals surface area contributed by atoms with Crippen LogP contribution in [0.2, 0.25) is 18.1 Å². The van der Waals surface area contributed by atoms with Crippen LogP contribution >= 0.6 is 0 Å². The second-order valence-corrected chi connectivity index (χ2v) is 19.0. The summed E-state index contributed by atoms with van der Waals surface area (Å²) in [5.74, 6) is 0.347. The minimum Gasteiger partial charge on any atom is -0.414 e. The summed E-state index contributed by atoms with van der Waals surface area (Å²) in [4.78, 5) is 0. The van der Waals surface area contributed by atoms with Gasteiger partial charge in [-0.2, -0.15) is 8.78 Å². The van der Waals surface area contributed by atoms with E-state index in [1.165, 1.54) is 26.3 Å². The lowest BCUT2D eigenvalue weighted by Crippen LogP contribution is -2.48. The zero-order chi connectivity index (χ0) is 24.6. The first-order chi connectivity index (χ1) is 14.6. The van der Waals surface area contributed by atoms with Gasteiger partial charge in [0.05, 0.1) is 4.75 Å². The second kappa shape index (κ2) is 9.77. The van der Waals surface area contributed by atoms with Gasteiger partial charge in [0.15, 0.2) is 8.32 Å². The molecule has 2 rings (SSSR count). The van der Waals surface area contributed by atoms with E-state index in [2.05, 4.69) is 33.8 Å². The standard InChI is InChI=1S/C25H46F2O3SSi/c1-9-32(10-2,11-3)30-22-13-12-17-24(8)20(14-15-21(22)24)19(4)16-18-25(26,27)31(28,29)23(5,6)7/h14,19,21-22H,9-13,15-18H2,1-8H3/t19-,21?,22+,24-/m1/s1. The maximum Gasteiger partial charge on any atom is 0.346 e. The van der Waals surface area contributed by atoms with Crippen molar-refractivity contribution in [2.24, 2.45) is 17.3 Å². The molecule has 0 saturated heterocycles. The number of alkyl halides is 2. The molecule has 0 N–H and O–H groups in total. The Hall–Kier alpha value is -0.273. The van der Waals surface area contributed by atoms with E-state index in [-0.39, 0.29) is 23.9 Å². The molecule has 7 heteroatoms. The van der Waals surface area contributed by atoms with Crippen LogP contribution in [0.5, 0.6) is 0 Å². The van der Waals surface area contributed by atoms with Crippen molar-refractivity contribution in [2.75, 3.05) is 0 Å². The third-order valence-electron chi connectivity index (χ3n) is 8.64. The highest BCUT2D eigenvalue weighted by atomic mass is 32.2. The van der Waals surface area contributed by atoms with Gasteiger partial charge in [-0.05, 0) is 81.8 Å². The van der Waals surface area contributed by atoms with Gasteiger partial charge in [0, 0.05) is 12.5 Å². The Labute approximate surface area is 196 Å². The smallest absolute Gasteiger partial charge is 0.346 e. The van der Waals surface area contributed by atoms with Gasteiger partial charge < -0.3 is 4.43 Å². The highest BCUT2D eigenvalue weighted by Crippen LogP contribution is 2.56. The van der Waals surface area contributed by atoms with Gasteiger partial charge in [-0.3, -0.25) is 0 Å². The lowest BCUT2D eigenvalue weighted by molar-refractivity contribution is 0.0162. The molecule has 3 nitrogen and oxygen atoms in total. The summed E-state index contributed by atoms with van der Waals surface area (Å²) >= 11 is 0. The third kappa shape index (κ3) is 5.05. The number of hydrogen-bond acceptors (Lipinski definition) is 3. The maximum absolute atomic E-state index is 14.7. The Morgan fingerprint density at radius 1 is 1.19 bits per heavy atom. The van der Waals surface area contributed by atoms with Gasteiger partial charge in [0.25, 0.3) is 0 Å². The van der Waals surface area contributed by atoms with E-state index in [1.54, 1.807) is 0 Å². The number of sulfone groups is 1. The summed E-state index contributed by atoms with van der Waals surface area (Å²) in [6.07, 6.45) is 6.26. The molecule has 1 fully saturated rings. The predicted molar refractivity (Wildman–Crippen MR) is 132 cm³/mol. The SMILES string of the molecule is CC[Si](CC)(CC)O[C@H]1CCC[C@]2(C)C([C@H](C)CCC(F)(F)S(=O)(=O)C(C)(C)C)=CCC12. The molecular weight excluding hydrogens is 446 g/mol. The van der Waals surface area contributed by atoms with E-state index in [0.717, 1.165) is 43.8 Å². The highest BCUT2D eigenvalue weighted by molar-refractivity contribution is 7.93. The first-order valence-electron chi connectivity index (χ1n) is 12.6. The molecule has 0 radical (unpaired) electrons. The van der Waals surface area contributed by atoms with Crippen LogP contribution in [0.15, 0.2) is 11.6 Å². The van der Waals surface area contributed by atoms with E-state index in [4.69, 9.17) is 4.43 Å². The van der Waals surface area contributed by atoms with Crippen LogP contribution in [0.25, 0.3) is 0 Å². The molecule has 188 valence electrons. The fourth-order valence-corrected chi connectivity index (χ4v) is 10.3. The average molecular weight is 493 g/mol. The Morgan fingerprint density at radius 2 is 1.75 bits per heavy atom. The van der Waals surface area contributed by atoms with Crippen LogP contribution < -0.4 is 0 Å². The van der Waals surface area contributed by atoms with Crippen molar-refractivity contribution in [3.05, 3.63) is 11.6 Å². The molecule has 1 unspecified atom stereocenters. The quantitative estimate of drug-likeness (QED) is 0.231. The van der Waals surface area contributed by atoms with E-state index in [0.29, 0.717) is 5.92 Å². The number of halogens is 2. The van der Waals surface area contributed by atoms with Crippen molar-refractivity contribution in [1.29, 1.82) is 0 Å². The molecule has 4 atom stereocenters. The normalized spacial score (nSPS) is 28.4. The first kappa shape index (κ1) is 28.0. The second-order valence-electron chi connectivity index (χ2n) is 11.4. The van der Waals surface area contributed by atoms with Gasteiger partial charge in [-0.1, -0.05) is 52.7 Å². The van der Waals surface area contributed by atoms with Crippen molar-refractivity contribution >= 4 is 18.2 Å². The Kier molecular flexibility index (Phi) is 8.54. The largest absolute Gasteiger partial charge is 0.414 e. The summed E-state index contributed by atoms with van der Waals surface area (Å²) in [6, 6.07) is 3.40. The topological polar surface area (TPSA) is 43.4 Å². The number of rotatable bonds is 10. The molecule has 0 bridgehead atoms. The number of fused-ring (bicyclic) bond motifs is 1. The first-order valence-corrected chi connectivity index (χ1v) is 16.6. The predicted octanol–water partition coefficient (Wildman–Crippen LogP) is 7.74. The molecule has 32 heavy (non-hydrogen) atoms. The van der Waals surface area contributed by atoms with Crippen molar-refractivity contribution < 1.29 is 21.6 Å². The van der Waals surface area contributed by atoms with Crippen LogP contribution in [0.3, 0.4) is 0 Å². The Bertz CT molecular complexity index is 775. The van der Waals surface area contributed by atoms with Gasteiger partial charge in [-0.25, -0.2) is 8.42 Å². The fourth-order valence-electron chi connectivity index (χ4n) is 6.07. The Balaban J connectivity index is 2.14. The summed E-state index contributed by atoms with van der Waals surface area (Å²) in [6.45, 7) is 15.1. The van der Waals surface area contributed by atoms with Crippen LogP contribution in [0, 0.1) is 17.3 Å². The average Bonchev–Trinajstić information content (AvgIpc) is 3.07. The zero-order valence-electron chi connectivity index (χ0n) is 21.6. The molecule has 1 saturated carbocycles. The lowest BCUT2D eigenvalue weighted by atomic mass is 9.63. The van der Waals surface area contributed by atoms with Gasteiger partial charge >= 0.3 is 5.25 Å². The van der Waals surface area contributed by atoms with E-state index >= 15 is 0 Å². The summed E-state index contributed by atoms with van der Waals surface area (Å²) in [7, 11) is -6.25. The summed E-state index contributed by atoms with van der Waals surface area (Å²) in [5, 5.41) is -3.70. The van der Waals surface area contributed by atoms with E-state index < -0.39 is 34.6 Å². The van der Waals surface area contributed by atoms with Crippen molar-refractivity contribution in [3.8, 4) is 0 Å². The highest BCUT2D eigenvalue weighted by Gasteiger charge is 2.53. The number of allylic oxidation sites excluding steroid dienone is 2. The van der Waals surface area contributed by atoms with Crippen molar-refractivity contribution in [2.45, 2.75) is 128 Å². The molecule has 2 aliphatic carbocycles. The number of hydrogen-bond donors (Lipinski definition) is 0. The van der Waals surface area contributed by atoms with Crippen molar-refractivity contribution in [1.82, 2.24) is 0 Å². The van der Waals surface area contributed by atoms with Crippen LogP contribution in [-0.4, -0.2) is 32.8 Å². The molecule has 0 heterocycles. The molecule has 0 amide bonds. The molecule has 0 aromatic heterocycles. The minimum absolute atomic E-state index is 0.0319. The van der Waals surface area contributed by atoms with Crippen LogP contribution in [0.1, 0.15) is 93.9 Å². The van der Waals surface area contributed by atoms with Crippen LogP contribution in [-0.2, 0) is 14.3 Å². The van der Waals surface area contributed by atoms with Gasteiger partial charge in [0.2, 0.25) is 9.84 Å². The van der Waals surface area contributed by atoms with Gasteiger partial charge in [-0.15, -0.1) is 0 Å². The lowest BCUT2D eigenvalue weighted by Gasteiger charge is -2.48. The van der Waals surface area contributed by atoms with Crippen LogP contribution in [0.4, 0.5) is 8.78 Å². The molecule has 0 aromatic carbocycles. The molecule has 2 aliphatic rings. The van der Waals surface area contributed by atoms with Gasteiger partial charge in [0.1, 0.15) is 0 Å². The van der Waals surface area contributed by atoms with E-state index in [1.807, 2.05) is 6.92 Å². The third-order valence-corrected chi connectivity index (χ3v) is 15.9. The fraction of sp³-hybridized carbons (Fsp3) is 0.920. The summed E-state index contributed by atoms with van der Waals surface area (Å²) < 4.78 is 59.7. The molecule has 0 aliphatic heterocycles. The molecular formula is C25H46F2O3SSi. The summed E-state index contributed by atoms with van der Waals surface area (Å²) in [5.41, 5.74) is 1.21. The molecule has 0 spiro atoms. The van der Waals surface area contributed by atoms with E-state index in [9.17, 15) is 17.2 Å². The maximum atomic E-state index is 14.7. The molecule has 0 aromatic rings. The minimum atomic E-state index is -4.54. The zero-order valence-corrected chi connectivity index (χ0v) is 23.4. The van der Waals surface area contributed by atoms with Crippen molar-refractivity contribution in [3.63, 3.8) is 0 Å².